The fourth-order valence-corrected chi connectivity index (χ4v) is 3.78. The molecule has 0 aliphatic carbocycles. The number of hydrogen-bond donors (Lipinski definition) is 5. The lowest BCUT2D eigenvalue weighted by atomic mass is 9.99. The zero-order chi connectivity index (χ0) is 24.1. The van der Waals surface area contributed by atoms with Gasteiger partial charge >= 0.3 is 0 Å². The molecule has 4 rings (SSSR count). The standard InChI is InChI=1S/C24H22ClFN6O2/c25-21-7-16(2-4-22(21)26)32-24-15(8-27)9-30-23-14(1-3-19(34)12-33)5-17(6-20(23)24)29-11-18-10-28-13-31-18/h2,4-7,9-10,13,19,29,33-34H,1,3,11-12H2,(H,28,31)(H,30,32). The van der Waals surface area contributed by atoms with Crippen LogP contribution in [0.3, 0.4) is 0 Å². The Morgan fingerprint density at radius 2 is 2.06 bits per heavy atom. The van der Waals surface area contributed by atoms with Crippen LogP contribution in [0.1, 0.15) is 23.2 Å². The zero-order valence-corrected chi connectivity index (χ0v) is 18.8. The first-order valence-electron chi connectivity index (χ1n) is 10.6. The first kappa shape index (κ1) is 23.4. The molecule has 10 heteroatoms. The van der Waals surface area contributed by atoms with E-state index in [4.69, 9.17) is 11.6 Å². The summed E-state index contributed by atoms with van der Waals surface area (Å²) in [6, 6.07) is 10.2. The smallest absolute Gasteiger partial charge is 0.141 e. The van der Waals surface area contributed by atoms with Crippen LogP contribution < -0.4 is 10.6 Å². The monoisotopic (exact) mass is 480 g/mol. The number of nitrogens with zero attached hydrogens (tertiary/aromatic N) is 3. The summed E-state index contributed by atoms with van der Waals surface area (Å²) < 4.78 is 13.6. The average molecular weight is 481 g/mol. The van der Waals surface area contributed by atoms with E-state index in [-0.39, 0.29) is 11.6 Å². The molecule has 1 atom stereocenters. The van der Waals surface area contributed by atoms with Crippen molar-refractivity contribution in [3.8, 4) is 6.07 Å². The van der Waals surface area contributed by atoms with E-state index >= 15 is 0 Å². The molecule has 2 aromatic heterocycles. The summed E-state index contributed by atoms with van der Waals surface area (Å²) in [5, 5.41) is 36.0. The molecule has 5 N–H and O–H groups in total. The highest BCUT2D eigenvalue weighted by Gasteiger charge is 2.16. The van der Waals surface area contributed by atoms with Crippen LogP contribution in [0.4, 0.5) is 21.5 Å². The van der Waals surface area contributed by atoms with Gasteiger partial charge in [0, 0.05) is 29.2 Å². The number of hydrogen-bond acceptors (Lipinski definition) is 7. The number of nitrogens with one attached hydrogen (secondary N) is 3. The Morgan fingerprint density at radius 3 is 2.76 bits per heavy atom. The molecular formula is C24H22ClFN6O2. The number of halogens is 2. The van der Waals surface area contributed by atoms with Gasteiger partial charge < -0.3 is 25.8 Å². The lowest BCUT2D eigenvalue weighted by Gasteiger charge is -2.17. The number of aryl methyl sites for hydroxylation is 1. The first-order valence-corrected chi connectivity index (χ1v) is 10.9. The van der Waals surface area contributed by atoms with Crippen LogP contribution in [-0.4, -0.2) is 37.9 Å². The number of aliphatic hydroxyl groups excluding tert-OH is 2. The lowest BCUT2D eigenvalue weighted by molar-refractivity contribution is 0.0886. The summed E-state index contributed by atoms with van der Waals surface area (Å²) in [5.74, 6) is -0.540. The molecule has 4 aromatic rings. The highest BCUT2D eigenvalue weighted by atomic mass is 35.5. The highest BCUT2D eigenvalue weighted by molar-refractivity contribution is 6.31. The second-order valence-electron chi connectivity index (χ2n) is 7.75. The van der Waals surface area contributed by atoms with Gasteiger partial charge in [0.05, 0.1) is 53.1 Å². The van der Waals surface area contributed by atoms with Gasteiger partial charge in [0.2, 0.25) is 0 Å². The minimum absolute atomic E-state index is 0.0394. The minimum atomic E-state index is -0.853. The Balaban J connectivity index is 1.80. The summed E-state index contributed by atoms with van der Waals surface area (Å²) >= 11 is 5.94. The third kappa shape index (κ3) is 5.26. The van der Waals surface area contributed by atoms with E-state index < -0.39 is 11.9 Å². The number of imidazole rings is 1. The molecule has 0 spiro atoms. The molecule has 0 radical (unpaired) electrons. The van der Waals surface area contributed by atoms with E-state index in [0.717, 1.165) is 16.9 Å². The summed E-state index contributed by atoms with van der Waals surface area (Å²) in [6.07, 6.45) is 4.73. The van der Waals surface area contributed by atoms with E-state index in [9.17, 15) is 19.9 Å². The average Bonchev–Trinajstić information content (AvgIpc) is 3.37. The fraction of sp³-hybridized carbons (Fsp3) is 0.208. The molecule has 2 heterocycles. The van der Waals surface area contributed by atoms with Crippen molar-refractivity contribution in [1.29, 1.82) is 5.26 Å². The van der Waals surface area contributed by atoms with E-state index in [2.05, 4.69) is 31.7 Å². The Bertz CT molecular complexity index is 1340. The molecule has 34 heavy (non-hydrogen) atoms. The number of aliphatic hydroxyl groups is 2. The highest BCUT2D eigenvalue weighted by Crippen LogP contribution is 2.34. The van der Waals surface area contributed by atoms with Crippen LogP contribution in [0, 0.1) is 17.1 Å². The third-order valence-corrected chi connectivity index (χ3v) is 5.64. The predicted octanol–water partition coefficient (Wildman–Crippen LogP) is 4.26. The first-order chi connectivity index (χ1) is 16.5. The number of anilines is 3. The van der Waals surface area contributed by atoms with Crippen LogP contribution in [0.15, 0.2) is 49.1 Å². The maximum atomic E-state index is 13.6. The van der Waals surface area contributed by atoms with Gasteiger partial charge in [-0.2, -0.15) is 5.26 Å². The van der Waals surface area contributed by atoms with Crippen LogP contribution in [-0.2, 0) is 13.0 Å². The van der Waals surface area contributed by atoms with Gasteiger partial charge in [-0.3, -0.25) is 4.98 Å². The summed E-state index contributed by atoms with van der Waals surface area (Å²) in [6.45, 7) is 0.158. The van der Waals surface area contributed by atoms with Crippen LogP contribution in [0.2, 0.25) is 5.02 Å². The SMILES string of the molecule is N#Cc1cnc2c(CCC(O)CO)cc(NCc3cnc[nH]3)cc2c1Nc1ccc(F)c(Cl)c1. The van der Waals surface area contributed by atoms with Gasteiger partial charge in [-0.1, -0.05) is 11.6 Å². The molecule has 0 saturated carbocycles. The Kier molecular flexibility index (Phi) is 7.23. The van der Waals surface area contributed by atoms with Gasteiger partial charge in [0.1, 0.15) is 11.9 Å². The molecule has 0 aliphatic heterocycles. The van der Waals surface area contributed by atoms with E-state index in [1.807, 2.05) is 12.1 Å². The summed E-state index contributed by atoms with van der Waals surface area (Å²) in [5.41, 5.74) is 4.47. The second kappa shape index (κ2) is 10.5. The normalized spacial score (nSPS) is 11.9. The molecule has 0 bridgehead atoms. The van der Waals surface area contributed by atoms with Crippen molar-refractivity contribution in [2.45, 2.75) is 25.5 Å². The van der Waals surface area contributed by atoms with Crippen molar-refractivity contribution >= 4 is 39.6 Å². The van der Waals surface area contributed by atoms with Gasteiger partial charge in [-0.15, -0.1) is 0 Å². The number of nitriles is 1. The molecule has 0 amide bonds. The van der Waals surface area contributed by atoms with E-state index in [0.29, 0.717) is 47.2 Å². The van der Waals surface area contributed by atoms with Crippen molar-refractivity contribution in [3.05, 3.63) is 76.7 Å². The molecule has 2 aromatic carbocycles. The third-order valence-electron chi connectivity index (χ3n) is 5.36. The molecule has 1 unspecified atom stereocenters. The Labute approximate surface area is 200 Å². The number of aromatic nitrogens is 3. The number of benzene rings is 2. The van der Waals surface area contributed by atoms with Crippen molar-refractivity contribution in [2.24, 2.45) is 0 Å². The number of pyridine rings is 1. The summed E-state index contributed by atoms with van der Waals surface area (Å²) in [4.78, 5) is 11.6. The van der Waals surface area contributed by atoms with Crippen LogP contribution in [0.5, 0.6) is 0 Å². The number of rotatable bonds is 9. The Morgan fingerprint density at radius 1 is 1.21 bits per heavy atom. The Hall–Kier alpha value is -3.71. The zero-order valence-electron chi connectivity index (χ0n) is 18.0. The molecular weight excluding hydrogens is 459 g/mol. The van der Waals surface area contributed by atoms with Gasteiger partial charge in [-0.05, 0) is 48.7 Å². The molecule has 0 aliphatic rings. The summed E-state index contributed by atoms with van der Waals surface area (Å²) in [7, 11) is 0. The number of aromatic amines is 1. The maximum absolute atomic E-state index is 13.6. The molecule has 8 nitrogen and oxygen atoms in total. The van der Waals surface area contributed by atoms with Crippen LogP contribution >= 0.6 is 11.6 Å². The maximum Gasteiger partial charge on any atom is 0.141 e. The van der Waals surface area contributed by atoms with Crippen molar-refractivity contribution < 1.29 is 14.6 Å². The second-order valence-corrected chi connectivity index (χ2v) is 8.16. The topological polar surface area (TPSA) is 130 Å². The van der Waals surface area contributed by atoms with Crippen molar-refractivity contribution in [3.63, 3.8) is 0 Å². The molecule has 174 valence electrons. The van der Waals surface area contributed by atoms with Gasteiger partial charge in [0.15, 0.2) is 0 Å². The van der Waals surface area contributed by atoms with Crippen molar-refractivity contribution in [1.82, 2.24) is 15.0 Å². The lowest BCUT2D eigenvalue weighted by Crippen LogP contribution is -2.13. The van der Waals surface area contributed by atoms with E-state index in [1.54, 1.807) is 12.5 Å². The van der Waals surface area contributed by atoms with Gasteiger partial charge in [-0.25, -0.2) is 9.37 Å². The minimum Gasteiger partial charge on any atom is -0.394 e. The van der Waals surface area contributed by atoms with E-state index in [1.165, 1.54) is 24.4 Å². The molecule has 0 saturated heterocycles. The fourth-order valence-electron chi connectivity index (χ4n) is 3.60. The van der Waals surface area contributed by atoms with Crippen molar-refractivity contribution in [2.75, 3.05) is 17.2 Å². The number of H-pyrrole nitrogens is 1. The van der Waals surface area contributed by atoms with Gasteiger partial charge in [0.25, 0.3) is 0 Å². The quantitative estimate of drug-likeness (QED) is 0.242. The number of fused-ring (bicyclic) bond motifs is 1. The predicted molar refractivity (Wildman–Crippen MR) is 128 cm³/mol. The largest absolute Gasteiger partial charge is 0.394 e. The van der Waals surface area contributed by atoms with Crippen LogP contribution in [0.25, 0.3) is 10.9 Å². The molecule has 0 fully saturated rings.